The summed E-state index contributed by atoms with van der Waals surface area (Å²) in [4.78, 5) is 14.3. The first-order valence-electron chi connectivity index (χ1n) is 3.98. The summed E-state index contributed by atoms with van der Waals surface area (Å²) in [6, 6.07) is 4.08. The van der Waals surface area contributed by atoms with Crippen LogP contribution in [0.3, 0.4) is 0 Å². The Bertz CT molecular complexity index is 268. The van der Waals surface area contributed by atoms with Crippen LogP contribution in [-0.4, -0.2) is 17.4 Å². The summed E-state index contributed by atoms with van der Waals surface area (Å²) in [5.41, 5.74) is 0. The van der Waals surface area contributed by atoms with Crippen molar-refractivity contribution < 1.29 is 4.79 Å². The number of carbonyl (C=O) groups excluding carboxylic acids is 1. The average molecular weight is 180 g/mol. The molecule has 2 rings (SSSR count). The molecule has 1 fully saturated rings. The Balaban J connectivity index is 1.99. The maximum atomic E-state index is 11.2. The number of hydrogen-bond donors (Lipinski definition) is 0. The number of nitrogens with zero attached hydrogens (tertiary/aromatic N) is 1. The van der Waals surface area contributed by atoms with E-state index in [1.807, 2.05) is 22.8 Å². The lowest BCUT2D eigenvalue weighted by Gasteiger charge is -2.13. The zero-order valence-electron chi connectivity index (χ0n) is 6.69. The number of thiophene rings is 1. The molecule has 1 saturated heterocycles. The van der Waals surface area contributed by atoms with Gasteiger partial charge in [-0.25, -0.2) is 0 Å². The molecule has 2 heterocycles. The lowest BCUT2D eigenvalue weighted by atomic mass is 10.4. The van der Waals surface area contributed by atoms with Gasteiger partial charge in [0.05, 0.1) is 6.54 Å². The molecule has 1 aromatic rings. The first-order valence-corrected chi connectivity index (χ1v) is 4.86. The summed E-state index contributed by atoms with van der Waals surface area (Å²) in [6.07, 6.45) is 2.64. The van der Waals surface area contributed by atoms with Crippen LogP contribution in [0.5, 0.6) is 0 Å². The minimum atomic E-state index is 0.253. The van der Waals surface area contributed by atoms with Gasteiger partial charge in [-0.1, -0.05) is 6.07 Å². The summed E-state index contributed by atoms with van der Waals surface area (Å²) in [7, 11) is 0. The Morgan fingerprint density at radius 3 is 3.08 bits per heavy atom. The summed E-state index contributed by atoms with van der Waals surface area (Å²) in [5.74, 6) is 0.253. The molecule has 0 spiro atoms. The normalized spacial score (nSPS) is 17.3. The summed E-state index contributed by atoms with van der Waals surface area (Å²) >= 11 is 1.70. The lowest BCUT2D eigenvalue weighted by Crippen LogP contribution is -2.23. The molecule has 0 unspecified atom stereocenters. The Hall–Kier alpha value is -0.830. The third-order valence-electron chi connectivity index (χ3n) is 1.95. The number of rotatable bonds is 2. The molecule has 63 valence electrons. The first kappa shape index (κ1) is 7.80. The molecule has 0 atom stereocenters. The second-order valence-corrected chi connectivity index (χ2v) is 3.88. The van der Waals surface area contributed by atoms with Crippen LogP contribution < -0.4 is 0 Å². The van der Waals surface area contributed by atoms with Crippen LogP contribution >= 0.6 is 11.3 Å². The molecule has 1 radical (unpaired) electrons. The summed E-state index contributed by atoms with van der Waals surface area (Å²) < 4.78 is 0. The lowest BCUT2D eigenvalue weighted by molar-refractivity contribution is -0.128. The number of carbonyl (C=O) groups is 1. The van der Waals surface area contributed by atoms with E-state index >= 15 is 0 Å². The molecule has 1 aromatic heterocycles. The quantitative estimate of drug-likeness (QED) is 0.678. The third-order valence-corrected chi connectivity index (χ3v) is 2.81. The zero-order chi connectivity index (χ0) is 8.39. The van der Waals surface area contributed by atoms with E-state index in [0.29, 0.717) is 6.42 Å². The van der Waals surface area contributed by atoms with Gasteiger partial charge >= 0.3 is 0 Å². The van der Waals surface area contributed by atoms with Gasteiger partial charge in [0.1, 0.15) is 0 Å². The van der Waals surface area contributed by atoms with Crippen molar-refractivity contribution in [2.75, 3.05) is 6.54 Å². The molecule has 12 heavy (non-hydrogen) atoms. The molecule has 1 amide bonds. The fraction of sp³-hybridized carbons (Fsp3) is 0.333. The second-order valence-electron chi connectivity index (χ2n) is 2.85. The van der Waals surface area contributed by atoms with E-state index < -0.39 is 0 Å². The highest BCUT2D eigenvalue weighted by molar-refractivity contribution is 7.09. The monoisotopic (exact) mass is 180 g/mol. The van der Waals surface area contributed by atoms with E-state index in [0.717, 1.165) is 13.1 Å². The van der Waals surface area contributed by atoms with Crippen LogP contribution in [0.2, 0.25) is 0 Å². The standard InChI is InChI=1S/C9H10NOS/c11-9-4-1-5-10(9)7-8-3-2-6-12-8/h1-3,6H,4-5,7H2. The SMILES string of the molecule is O=C1C[CH]CN1Cc1cccs1. The Labute approximate surface area is 75.8 Å². The molecular formula is C9H10NOS. The highest BCUT2D eigenvalue weighted by atomic mass is 32.1. The second kappa shape index (κ2) is 3.27. The predicted molar refractivity (Wildman–Crippen MR) is 48.7 cm³/mol. The van der Waals surface area contributed by atoms with Gasteiger partial charge in [0.25, 0.3) is 0 Å². The Kier molecular flexibility index (Phi) is 2.13. The topological polar surface area (TPSA) is 20.3 Å². The molecule has 0 bridgehead atoms. The molecule has 3 heteroatoms. The van der Waals surface area contributed by atoms with Crippen molar-refractivity contribution in [1.82, 2.24) is 4.90 Å². The van der Waals surface area contributed by atoms with Crippen molar-refractivity contribution >= 4 is 17.2 Å². The van der Waals surface area contributed by atoms with Gasteiger partial charge < -0.3 is 4.90 Å². The Morgan fingerprint density at radius 1 is 1.58 bits per heavy atom. The van der Waals surface area contributed by atoms with E-state index in [-0.39, 0.29) is 5.91 Å². The van der Waals surface area contributed by atoms with E-state index in [1.54, 1.807) is 11.3 Å². The van der Waals surface area contributed by atoms with E-state index in [1.165, 1.54) is 4.88 Å². The average Bonchev–Trinajstić information content (AvgIpc) is 2.65. The molecule has 0 aromatic carbocycles. The van der Waals surface area contributed by atoms with Gasteiger partial charge in [0.2, 0.25) is 5.91 Å². The Morgan fingerprint density at radius 2 is 2.50 bits per heavy atom. The van der Waals surface area contributed by atoms with Crippen LogP contribution in [0.1, 0.15) is 11.3 Å². The fourth-order valence-corrected chi connectivity index (χ4v) is 2.04. The number of likely N-dealkylation sites (tertiary alicyclic amines) is 1. The maximum absolute atomic E-state index is 11.2. The van der Waals surface area contributed by atoms with Crippen molar-refractivity contribution in [3.05, 3.63) is 28.8 Å². The smallest absolute Gasteiger partial charge is 0.223 e. The van der Waals surface area contributed by atoms with Gasteiger partial charge in [-0.15, -0.1) is 11.3 Å². The number of amides is 1. The third kappa shape index (κ3) is 1.50. The van der Waals surface area contributed by atoms with Crippen molar-refractivity contribution in [2.45, 2.75) is 13.0 Å². The summed E-state index contributed by atoms with van der Waals surface area (Å²) in [5, 5.41) is 2.04. The number of hydrogen-bond acceptors (Lipinski definition) is 2. The maximum Gasteiger partial charge on any atom is 0.223 e. The van der Waals surface area contributed by atoms with Crippen LogP contribution in [0.4, 0.5) is 0 Å². The van der Waals surface area contributed by atoms with Crippen molar-refractivity contribution in [1.29, 1.82) is 0 Å². The molecule has 1 aliphatic heterocycles. The highest BCUT2D eigenvalue weighted by Gasteiger charge is 2.20. The van der Waals surface area contributed by atoms with Gasteiger partial charge in [0, 0.05) is 17.8 Å². The van der Waals surface area contributed by atoms with Crippen LogP contribution in [0.15, 0.2) is 17.5 Å². The fourth-order valence-electron chi connectivity index (χ4n) is 1.32. The van der Waals surface area contributed by atoms with E-state index in [4.69, 9.17) is 0 Å². The van der Waals surface area contributed by atoms with Crippen molar-refractivity contribution in [3.63, 3.8) is 0 Å². The van der Waals surface area contributed by atoms with Gasteiger partial charge in [0.15, 0.2) is 0 Å². The molecule has 0 N–H and O–H groups in total. The molecule has 0 saturated carbocycles. The minimum absolute atomic E-state index is 0.253. The van der Waals surface area contributed by atoms with Crippen LogP contribution in [-0.2, 0) is 11.3 Å². The molecule has 2 nitrogen and oxygen atoms in total. The van der Waals surface area contributed by atoms with Crippen LogP contribution in [0, 0.1) is 6.42 Å². The zero-order valence-corrected chi connectivity index (χ0v) is 7.51. The first-order chi connectivity index (χ1) is 5.86. The van der Waals surface area contributed by atoms with Crippen LogP contribution in [0.25, 0.3) is 0 Å². The minimum Gasteiger partial charge on any atom is -0.337 e. The largest absolute Gasteiger partial charge is 0.337 e. The summed E-state index contributed by atoms with van der Waals surface area (Å²) in [6.45, 7) is 1.60. The van der Waals surface area contributed by atoms with Gasteiger partial charge in [-0.2, -0.15) is 0 Å². The van der Waals surface area contributed by atoms with Crippen molar-refractivity contribution in [2.24, 2.45) is 0 Å². The van der Waals surface area contributed by atoms with E-state index in [2.05, 4.69) is 6.07 Å². The van der Waals surface area contributed by atoms with E-state index in [9.17, 15) is 4.79 Å². The van der Waals surface area contributed by atoms with Gasteiger partial charge in [-0.3, -0.25) is 4.79 Å². The predicted octanol–water partition coefficient (Wildman–Crippen LogP) is 1.68. The molecule has 0 aliphatic carbocycles. The van der Waals surface area contributed by atoms with Crippen molar-refractivity contribution in [3.8, 4) is 0 Å². The van der Waals surface area contributed by atoms with Gasteiger partial charge in [-0.05, 0) is 17.9 Å². The molecular weight excluding hydrogens is 170 g/mol. The molecule has 1 aliphatic rings. The highest BCUT2D eigenvalue weighted by Crippen LogP contribution is 2.16.